The van der Waals surface area contributed by atoms with Crippen LogP contribution < -0.4 is 0 Å². The van der Waals surface area contributed by atoms with E-state index in [1.165, 1.54) is 11.1 Å². The van der Waals surface area contributed by atoms with Crippen molar-refractivity contribution in [1.82, 2.24) is 0 Å². The van der Waals surface area contributed by atoms with Crippen LogP contribution in [-0.4, -0.2) is 5.78 Å². The molecule has 3 aromatic carbocycles. The largest absolute Gasteiger partial charge is 0.289 e. The van der Waals surface area contributed by atoms with Gasteiger partial charge in [0.15, 0.2) is 5.78 Å². The molecule has 0 spiro atoms. The molecule has 0 saturated carbocycles. The molecule has 1 aliphatic rings. The van der Waals surface area contributed by atoms with Gasteiger partial charge in [-0.3, -0.25) is 4.79 Å². The van der Waals surface area contributed by atoms with Gasteiger partial charge in [-0.1, -0.05) is 99.7 Å². The molecule has 3 aromatic rings. The molecule has 0 heterocycles. The molecular weight excluding hydrogens is 328 g/mol. The molecular formula is C26H24O. The van der Waals surface area contributed by atoms with Crippen molar-refractivity contribution in [1.29, 1.82) is 0 Å². The number of hydrogen-bond donors (Lipinski definition) is 0. The van der Waals surface area contributed by atoms with E-state index < -0.39 is 0 Å². The maximum Gasteiger partial charge on any atom is 0.194 e. The van der Waals surface area contributed by atoms with Crippen LogP contribution in [0.5, 0.6) is 0 Å². The standard InChI is InChI=1S/C26H24O/c1-26(2,3)23-15-9-14-21(23)22-17-16-18-10-7-8-13-20(18)24(22)25(27)19-11-5-4-6-12-19/h4-13,15-17H,14H2,1-3H3. The summed E-state index contributed by atoms with van der Waals surface area (Å²) in [6.07, 6.45) is 5.31. The van der Waals surface area contributed by atoms with Crippen molar-refractivity contribution in [3.05, 3.63) is 101 Å². The van der Waals surface area contributed by atoms with Gasteiger partial charge in [-0.2, -0.15) is 0 Å². The molecule has 4 rings (SSSR count). The Hall–Kier alpha value is -2.93. The molecule has 1 aliphatic carbocycles. The first-order valence-electron chi connectivity index (χ1n) is 9.49. The molecule has 0 aliphatic heterocycles. The first-order valence-corrected chi connectivity index (χ1v) is 9.49. The molecule has 0 fully saturated rings. The van der Waals surface area contributed by atoms with E-state index in [0.717, 1.165) is 33.9 Å². The van der Waals surface area contributed by atoms with Gasteiger partial charge in [0.2, 0.25) is 0 Å². The van der Waals surface area contributed by atoms with Gasteiger partial charge < -0.3 is 0 Å². The number of allylic oxidation sites excluding steroid dienone is 4. The van der Waals surface area contributed by atoms with Crippen molar-refractivity contribution in [2.45, 2.75) is 27.2 Å². The van der Waals surface area contributed by atoms with Gasteiger partial charge in [0.1, 0.15) is 0 Å². The Labute approximate surface area is 161 Å². The predicted molar refractivity (Wildman–Crippen MR) is 114 cm³/mol. The summed E-state index contributed by atoms with van der Waals surface area (Å²) in [4.78, 5) is 13.6. The zero-order valence-electron chi connectivity index (χ0n) is 16.1. The van der Waals surface area contributed by atoms with Gasteiger partial charge in [0.05, 0.1) is 0 Å². The van der Waals surface area contributed by atoms with Crippen LogP contribution in [0.3, 0.4) is 0 Å². The number of benzene rings is 3. The van der Waals surface area contributed by atoms with Crippen molar-refractivity contribution < 1.29 is 4.79 Å². The van der Waals surface area contributed by atoms with Crippen LogP contribution in [0.25, 0.3) is 16.3 Å². The lowest BCUT2D eigenvalue weighted by molar-refractivity contribution is 0.104. The molecule has 0 aromatic heterocycles. The molecule has 0 atom stereocenters. The second-order valence-corrected chi connectivity index (χ2v) is 8.15. The molecule has 0 N–H and O–H groups in total. The van der Waals surface area contributed by atoms with Crippen LogP contribution in [0.15, 0.2) is 84.5 Å². The number of rotatable bonds is 3. The molecule has 0 saturated heterocycles. The van der Waals surface area contributed by atoms with E-state index in [-0.39, 0.29) is 11.2 Å². The summed E-state index contributed by atoms with van der Waals surface area (Å²) in [6.45, 7) is 6.70. The van der Waals surface area contributed by atoms with Crippen LogP contribution in [0, 0.1) is 5.41 Å². The van der Waals surface area contributed by atoms with Gasteiger partial charge in [-0.25, -0.2) is 0 Å². The van der Waals surface area contributed by atoms with Crippen LogP contribution in [-0.2, 0) is 0 Å². The van der Waals surface area contributed by atoms with Gasteiger partial charge in [0, 0.05) is 11.1 Å². The highest BCUT2D eigenvalue weighted by atomic mass is 16.1. The molecule has 0 bridgehead atoms. The van der Waals surface area contributed by atoms with Gasteiger partial charge >= 0.3 is 0 Å². The van der Waals surface area contributed by atoms with Gasteiger partial charge in [-0.05, 0) is 39.3 Å². The van der Waals surface area contributed by atoms with E-state index in [1.54, 1.807) is 0 Å². The van der Waals surface area contributed by atoms with Crippen LogP contribution >= 0.6 is 0 Å². The normalized spacial score (nSPS) is 14.2. The summed E-state index contributed by atoms with van der Waals surface area (Å²) in [5.41, 5.74) is 5.25. The Bertz CT molecular complexity index is 1080. The van der Waals surface area contributed by atoms with E-state index >= 15 is 0 Å². The van der Waals surface area contributed by atoms with Crippen LogP contribution in [0.2, 0.25) is 0 Å². The highest BCUT2D eigenvalue weighted by Gasteiger charge is 2.26. The Balaban J connectivity index is 2.01. The molecule has 27 heavy (non-hydrogen) atoms. The molecule has 1 nitrogen and oxygen atoms in total. The topological polar surface area (TPSA) is 17.1 Å². The number of hydrogen-bond acceptors (Lipinski definition) is 1. The van der Waals surface area contributed by atoms with Crippen molar-refractivity contribution in [3.8, 4) is 0 Å². The van der Waals surface area contributed by atoms with Crippen molar-refractivity contribution >= 4 is 22.1 Å². The highest BCUT2D eigenvalue weighted by molar-refractivity contribution is 6.19. The fourth-order valence-electron chi connectivity index (χ4n) is 3.96. The monoisotopic (exact) mass is 352 g/mol. The Morgan fingerprint density at radius 2 is 1.56 bits per heavy atom. The predicted octanol–water partition coefficient (Wildman–Crippen LogP) is 6.83. The summed E-state index contributed by atoms with van der Waals surface area (Å²) in [7, 11) is 0. The fraction of sp³-hybridized carbons (Fsp3) is 0.192. The van der Waals surface area contributed by atoms with Crippen molar-refractivity contribution in [2.24, 2.45) is 5.41 Å². The van der Waals surface area contributed by atoms with Crippen LogP contribution in [0.1, 0.15) is 48.7 Å². The van der Waals surface area contributed by atoms with Gasteiger partial charge in [0.25, 0.3) is 0 Å². The third kappa shape index (κ3) is 3.14. The smallest absolute Gasteiger partial charge is 0.194 e. The van der Waals surface area contributed by atoms with Crippen molar-refractivity contribution in [2.75, 3.05) is 0 Å². The first-order chi connectivity index (χ1) is 13.0. The number of carbonyl (C=O) groups is 1. The summed E-state index contributed by atoms with van der Waals surface area (Å²) in [6, 6.07) is 22.0. The van der Waals surface area contributed by atoms with Crippen LogP contribution in [0.4, 0.5) is 0 Å². The lowest BCUT2D eigenvalue weighted by Gasteiger charge is -2.23. The Morgan fingerprint density at radius 1 is 0.852 bits per heavy atom. The number of ketones is 1. The van der Waals surface area contributed by atoms with Gasteiger partial charge in [-0.15, -0.1) is 0 Å². The molecule has 0 amide bonds. The minimum atomic E-state index is 0.0427. The second-order valence-electron chi connectivity index (χ2n) is 8.15. The molecule has 134 valence electrons. The number of fused-ring (bicyclic) bond motifs is 1. The number of carbonyl (C=O) groups excluding carboxylic acids is 1. The Kier molecular flexibility index (Phi) is 4.31. The van der Waals surface area contributed by atoms with E-state index in [4.69, 9.17) is 0 Å². The molecule has 1 heteroatoms. The quantitative estimate of drug-likeness (QED) is 0.472. The third-order valence-corrected chi connectivity index (χ3v) is 5.26. The van der Waals surface area contributed by atoms with E-state index in [1.807, 2.05) is 42.5 Å². The maximum absolute atomic E-state index is 13.6. The SMILES string of the molecule is CC(C)(C)C1=C(c2ccc3ccccc3c2C(=O)c2ccccc2)CC=C1. The molecule has 0 unspecified atom stereocenters. The second kappa shape index (κ2) is 6.66. The highest BCUT2D eigenvalue weighted by Crippen LogP contribution is 2.41. The zero-order valence-corrected chi connectivity index (χ0v) is 16.1. The lowest BCUT2D eigenvalue weighted by Crippen LogP contribution is -2.11. The van der Waals surface area contributed by atoms with E-state index in [9.17, 15) is 4.79 Å². The van der Waals surface area contributed by atoms with Crippen molar-refractivity contribution in [3.63, 3.8) is 0 Å². The minimum Gasteiger partial charge on any atom is -0.289 e. The maximum atomic E-state index is 13.6. The zero-order chi connectivity index (χ0) is 19.0. The van der Waals surface area contributed by atoms with E-state index in [0.29, 0.717) is 0 Å². The van der Waals surface area contributed by atoms with E-state index in [2.05, 4.69) is 57.2 Å². The summed E-state index contributed by atoms with van der Waals surface area (Å²) >= 11 is 0. The average Bonchev–Trinajstić information content (AvgIpc) is 3.17. The summed E-state index contributed by atoms with van der Waals surface area (Å²) in [5.74, 6) is 0.0926. The first kappa shape index (κ1) is 17.5. The Morgan fingerprint density at radius 3 is 2.30 bits per heavy atom. The molecule has 0 radical (unpaired) electrons. The summed E-state index contributed by atoms with van der Waals surface area (Å²) < 4.78 is 0. The average molecular weight is 352 g/mol. The fourth-order valence-corrected chi connectivity index (χ4v) is 3.96. The lowest BCUT2D eigenvalue weighted by atomic mass is 9.80. The third-order valence-electron chi connectivity index (χ3n) is 5.26. The summed E-state index contributed by atoms with van der Waals surface area (Å²) in [5, 5.41) is 2.13. The minimum absolute atomic E-state index is 0.0427.